The maximum absolute atomic E-state index is 12.5. The number of halogens is 3. The van der Waals surface area contributed by atoms with E-state index in [9.17, 15) is 13.2 Å². The number of rotatable bonds is 4. The lowest BCUT2D eigenvalue weighted by Crippen LogP contribution is -2.08. The van der Waals surface area contributed by atoms with Gasteiger partial charge in [0.05, 0.1) is 29.7 Å². The molecule has 0 unspecified atom stereocenters. The Bertz CT molecular complexity index is 593. The number of benzene rings is 1. The lowest BCUT2D eigenvalue weighted by molar-refractivity contribution is -0.137. The molecule has 3 N–H and O–H groups in total. The fourth-order valence-corrected chi connectivity index (χ4v) is 1.66. The van der Waals surface area contributed by atoms with Gasteiger partial charge in [0.2, 0.25) is 5.89 Å². The first-order chi connectivity index (χ1) is 9.40. The van der Waals surface area contributed by atoms with Crippen molar-refractivity contribution in [1.29, 1.82) is 0 Å². The average Bonchev–Trinajstić information content (AvgIpc) is 2.84. The Hall–Kier alpha value is -2.18. The maximum Gasteiger partial charge on any atom is 0.416 e. The SMILES string of the molecule is CCc1cnc(CNc2ccc(C(F)(F)F)cc2N)o1. The van der Waals surface area contributed by atoms with Crippen LogP contribution < -0.4 is 11.1 Å². The molecular weight excluding hydrogens is 271 g/mol. The van der Waals surface area contributed by atoms with Gasteiger partial charge in [0.15, 0.2) is 0 Å². The van der Waals surface area contributed by atoms with Crippen LogP contribution in [0, 0.1) is 0 Å². The highest BCUT2D eigenvalue weighted by molar-refractivity contribution is 5.67. The molecule has 0 fully saturated rings. The Morgan fingerprint density at radius 1 is 1.35 bits per heavy atom. The minimum Gasteiger partial charge on any atom is -0.444 e. The zero-order valence-electron chi connectivity index (χ0n) is 10.8. The van der Waals surface area contributed by atoms with Gasteiger partial charge in [-0.2, -0.15) is 13.2 Å². The predicted molar refractivity (Wildman–Crippen MR) is 69.1 cm³/mol. The standard InChI is InChI=1S/C13H14F3N3O/c1-2-9-6-19-12(20-9)7-18-11-4-3-8(5-10(11)17)13(14,15)16/h3-6,18H,2,7,17H2,1H3. The van der Waals surface area contributed by atoms with Crippen molar-refractivity contribution in [2.24, 2.45) is 0 Å². The van der Waals surface area contributed by atoms with E-state index < -0.39 is 11.7 Å². The first-order valence-electron chi connectivity index (χ1n) is 6.04. The zero-order valence-corrected chi connectivity index (χ0v) is 10.8. The molecule has 1 aromatic carbocycles. The molecule has 1 heterocycles. The van der Waals surface area contributed by atoms with E-state index in [-0.39, 0.29) is 12.2 Å². The van der Waals surface area contributed by atoms with Crippen molar-refractivity contribution in [2.75, 3.05) is 11.1 Å². The van der Waals surface area contributed by atoms with Crippen molar-refractivity contribution < 1.29 is 17.6 Å². The number of nitrogen functional groups attached to an aromatic ring is 1. The fraction of sp³-hybridized carbons (Fsp3) is 0.308. The Morgan fingerprint density at radius 3 is 2.65 bits per heavy atom. The summed E-state index contributed by atoms with van der Waals surface area (Å²) >= 11 is 0. The van der Waals surface area contributed by atoms with Gasteiger partial charge in [-0.3, -0.25) is 0 Å². The van der Waals surface area contributed by atoms with Crippen LogP contribution in [-0.2, 0) is 19.1 Å². The van der Waals surface area contributed by atoms with Gasteiger partial charge in [0.1, 0.15) is 5.76 Å². The van der Waals surface area contributed by atoms with Gasteiger partial charge >= 0.3 is 6.18 Å². The Labute approximate surface area is 113 Å². The first kappa shape index (κ1) is 14.2. The van der Waals surface area contributed by atoms with Crippen molar-refractivity contribution in [1.82, 2.24) is 4.98 Å². The van der Waals surface area contributed by atoms with Crippen LogP contribution in [0.25, 0.3) is 0 Å². The quantitative estimate of drug-likeness (QED) is 0.844. The number of nitrogens with one attached hydrogen (secondary N) is 1. The minimum atomic E-state index is -4.40. The number of hydrogen-bond donors (Lipinski definition) is 2. The third kappa shape index (κ3) is 3.23. The summed E-state index contributed by atoms with van der Waals surface area (Å²) < 4.78 is 42.9. The number of hydrogen-bond acceptors (Lipinski definition) is 4. The van der Waals surface area contributed by atoms with E-state index in [0.717, 1.165) is 24.3 Å². The van der Waals surface area contributed by atoms with Crippen molar-refractivity contribution in [3.63, 3.8) is 0 Å². The van der Waals surface area contributed by atoms with E-state index in [0.29, 0.717) is 11.6 Å². The lowest BCUT2D eigenvalue weighted by Gasteiger charge is -2.11. The molecule has 1 aromatic heterocycles. The predicted octanol–water partition coefficient (Wildman–Crippen LogP) is 3.45. The molecule has 0 aliphatic rings. The van der Waals surface area contributed by atoms with Crippen molar-refractivity contribution in [3.05, 3.63) is 41.6 Å². The number of anilines is 2. The van der Waals surface area contributed by atoms with Gasteiger partial charge < -0.3 is 15.5 Å². The second-order valence-electron chi connectivity index (χ2n) is 4.23. The van der Waals surface area contributed by atoms with E-state index in [1.807, 2.05) is 6.92 Å². The molecule has 0 aliphatic heterocycles. The van der Waals surface area contributed by atoms with Crippen LogP contribution in [0.5, 0.6) is 0 Å². The summed E-state index contributed by atoms with van der Waals surface area (Å²) in [6.07, 6.45) is -2.05. The Morgan fingerprint density at radius 2 is 2.10 bits per heavy atom. The molecule has 0 amide bonds. The smallest absolute Gasteiger partial charge is 0.416 e. The monoisotopic (exact) mass is 285 g/mol. The van der Waals surface area contributed by atoms with Gasteiger partial charge in [0.25, 0.3) is 0 Å². The number of aryl methyl sites for hydroxylation is 1. The third-order valence-electron chi connectivity index (χ3n) is 2.76. The van der Waals surface area contributed by atoms with E-state index in [2.05, 4.69) is 10.3 Å². The highest BCUT2D eigenvalue weighted by Gasteiger charge is 2.30. The van der Waals surface area contributed by atoms with Crippen LogP contribution >= 0.6 is 0 Å². The van der Waals surface area contributed by atoms with E-state index in [1.54, 1.807) is 6.20 Å². The highest BCUT2D eigenvalue weighted by Crippen LogP contribution is 2.32. The summed E-state index contributed by atoms with van der Waals surface area (Å²) in [5, 5.41) is 2.90. The van der Waals surface area contributed by atoms with E-state index in [4.69, 9.17) is 10.2 Å². The Balaban J connectivity index is 2.06. The summed E-state index contributed by atoms with van der Waals surface area (Å²) in [5.74, 6) is 1.21. The van der Waals surface area contributed by atoms with Crippen molar-refractivity contribution in [3.8, 4) is 0 Å². The van der Waals surface area contributed by atoms with E-state index in [1.165, 1.54) is 6.07 Å². The highest BCUT2D eigenvalue weighted by atomic mass is 19.4. The van der Waals surface area contributed by atoms with Crippen LogP contribution in [-0.4, -0.2) is 4.98 Å². The first-order valence-corrected chi connectivity index (χ1v) is 6.04. The molecule has 2 rings (SSSR count). The number of oxazole rings is 1. The molecule has 2 aromatic rings. The molecule has 0 spiro atoms. The number of aromatic nitrogens is 1. The van der Waals surface area contributed by atoms with Gasteiger partial charge in [-0.05, 0) is 18.2 Å². The second kappa shape index (κ2) is 5.44. The van der Waals surface area contributed by atoms with Gasteiger partial charge in [-0.1, -0.05) is 6.92 Å². The van der Waals surface area contributed by atoms with Crippen LogP contribution in [0.15, 0.2) is 28.8 Å². The molecule has 0 radical (unpaired) electrons. The molecule has 7 heteroatoms. The van der Waals surface area contributed by atoms with E-state index >= 15 is 0 Å². The topological polar surface area (TPSA) is 64.1 Å². The Kier molecular flexibility index (Phi) is 3.87. The van der Waals surface area contributed by atoms with Crippen molar-refractivity contribution >= 4 is 11.4 Å². The zero-order chi connectivity index (χ0) is 14.8. The lowest BCUT2D eigenvalue weighted by atomic mass is 10.1. The fourth-order valence-electron chi connectivity index (χ4n) is 1.66. The van der Waals surface area contributed by atoms with Gasteiger partial charge in [0, 0.05) is 6.42 Å². The molecule has 0 aliphatic carbocycles. The summed E-state index contributed by atoms with van der Waals surface area (Å²) in [5.41, 5.74) is 5.27. The summed E-state index contributed by atoms with van der Waals surface area (Å²) in [6, 6.07) is 3.17. The minimum absolute atomic E-state index is 0.0297. The molecule has 108 valence electrons. The summed E-state index contributed by atoms with van der Waals surface area (Å²) in [4.78, 5) is 4.04. The van der Waals surface area contributed by atoms with Crippen LogP contribution in [0.4, 0.5) is 24.5 Å². The summed E-state index contributed by atoms with van der Waals surface area (Å²) in [6.45, 7) is 2.20. The summed E-state index contributed by atoms with van der Waals surface area (Å²) in [7, 11) is 0. The number of alkyl halides is 3. The molecule has 20 heavy (non-hydrogen) atoms. The molecular formula is C13H14F3N3O. The second-order valence-corrected chi connectivity index (χ2v) is 4.23. The number of nitrogens with zero attached hydrogens (tertiary/aromatic N) is 1. The van der Waals surface area contributed by atoms with Crippen LogP contribution in [0.1, 0.15) is 24.1 Å². The molecule has 0 bridgehead atoms. The maximum atomic E-state index is 12.5. The van der Waals surface area contributed by atoms with Crippen molar-refractivity contribution in [2.45, 2.75) is 26.1 Å². The molecule has 0 saturated heterocycles. The molecule has 0 atom stereocenters. The molecule has 0 saturated carbocycles. The van der Waals surface area contributed by atoms with Gasteiger partial charge in [-0.25, -0.2) is 4.98 Å². The van der Waals surface area contributed by atoms with Crippen LogP contribution in [0.2, 0.25) is 0 Å². The van der Waals surface area contributed by atoms with Crippen LogP contribution in [0.3, 0.4) is 0 Å². The largest absolute Gasteiger partial charge is 0.444 e. The normalized spacial score (nSPS) is 11.6. The molecule has 4 nitrogen and oxygen atoms in total. The van der Waals surface area contributed by atoms with Gasteiger partial charge in [-0.15, -0.1) is 0 Å². The third-order valence-corrected chi connectivity index (χ3v) is 2.76. The number of nitrogens with two attached hydrogens (primary N) is 1. The average molecular weight is 285 g/mol.